The fourth-order valence-electron chi connectivity index (χ4n) is 2.50. The molecule has 2 heterocycles. The highest BCUT2D eigenvalue weighted by molar-refractivity contribution is 6.00. The molecule has 1 fully saturated rings. The van der Waals surface area contributed by atoms with Gasteiger partial charge in [-0.2, -0.15) is 5.26 Å². The molecule has 2 aromatic rings. The summed E-state index contributed by atoms with van der Waals surface area (Å²) in [6.07, 6.45) is 2.57. The summed E-state index contributed by atoms with van der Waals surface area (Å²) in [6, 6.07) is 6.92. The maximum absolute atomic E-state index is 12.3. The number of anilines is 2. The second-order valence-electron chi connectivity index (χ2n) is 5.99. The van der Waals surface area contributed by atoms with Gasteiger partial charge in [0.2, 0.25) is 0 Å². The largest absolute Gasteiger partial charge is 0.489 e. The summed E-state index contributed by atoms with van der Waals surface area (Å²) in [6.45, 7) is 4.53. The zero-order chi connectivity index (χ0) is 19.1. The van der Waals surface area contributed by atoms with Crippen LogP contribution in [0.15, 0.2) is 30.6 Å². The van der Waals surface area contributed by atoms with Gasteiger partial charge in [0.1, 0.15) is 24.5 Å². The number of rotatable bonds is 5. The van der Waals surface area contributed by atoms with Crippen molar-refractivity contribution in [2.45, 2.75) is 13.0 Å². The molecule has 1 saturated heterocycles. The quantitative estimate of drug-likeness (QED) is 0.734. The van der Waals surface area contributed by atoms with E-state index < -0.39 is 6.03 Å². The van der Waals surface area contributed by atoms with Crippen molar-refractivity contribution in [3.63, 3.8) is 0 Å². The third-order valence-corrected chi connectivity index (χ3v) is 3.82. The molecule has 1 atom stereocenters. The molecule has 1 unspecified atom stereocenters. The average molecular weight is 368 g/mol. The number of carbonyl (C=O) groups excluding carboxylic acids is 1. The highest BCUT2D eigenvalue weighted by atomic mass is 16.5. The monoisotopic (exact) mass is 368 g/mol. The first-order chi connectivity index (χ1) is 13.1. The van der Waals surface area contributed by atoms with E-state index in [1.807, 2.05) is 31.2 Å². The predicted octanol–water partition coefficient (Wildman–Crippen LogP) is 1.67. The maximum Gasteiger partial charge on any atom is 0.324 e. The number of morpholine rings is 1. The summed E-state index contributed by atoms with van der Waals surface area (Å²) >= 11 is 0. The Morgan fingerprint density at radius 1 is 1.41 bits per heavy atom. The Labute approximate surface area is 156 Å². The fourth-order valence-corrected chi connectivity index (χ4v) is 2.50. The van der Waals surface area contributed by atoms with Gasteiger partial charge in [-0.25, -0.2) is 14.8 Å². The molecule has 0 radical (unpaired) electrons. The second-order valence-corrected chi connectivity index (χ2v) is 5.99. The van der Waals surface area contributed by atoms with Gasteiger partial charge in [-0.15, -0.1) is 0 Å². The lowest BCUT2D eigenvalue weighted by atomic mass is 10.2. The minimum atomic E-state index is -0.486. The first-order valence-corrected chi connectivity index (χ1v) is 8.50. The summed E-state index contributed by atoms with van der Waals surface area (Å²) in [5.74, 6) is 0.791. The second kappa shape index (κ2) is 8.93. The SMILES string of the molecule is Cc1ccc(OCC2CNCCO2)c(NC(=O)Nc2cnc(C#N)cn2)c1. The van der Waals surface area contributed by atoms with Crippen molar-refractivity contribution in [3.05, 3.63) is 41.9 Å². The highest BCUT2D eigenvalue weighted by Crippen LogP contribution is 2.26. The van der Waals surface area contributed by atoms with E-state index >= 15 is 0 Å². The number of aryl methyl sites for hydroxylation is 1. The number of hydrogen-bond acceptors (Lipinski definition) is 7. The van der Waals surface area contributed by atoms with Gasteiger partial charge in [-0.1, -0.05) is 6.07 Å². The minimum absolute atomic E-state index is 0.0318. The van der Waals surface area contributed by atoms with Gasteiger partial charge in [0, 0.05) is 13.1 Å². The Bertz CT molecular complexity index is 828. The molecule has 0 spiro atoms. The molecule has 9 nitrogen and oxygen atoms in total. The van der Waals surface area contributed by atoms with Crippen LogP contribution in [0.25, 0.3) is 0 Å². The molecule has 9 heteroatoms. The van der Waals surface area contributed by atoms with E-state index in [2.05, 4.69) is 25.9 Å². The van der Waals surface area contributed by atoms with Crippen LogP contribution in [0, 0.1) is 18.3 Å². The minimum Gasteiger partial charge on any atom is -0.489 e. The molecule has 3 N–H and O–H groups in total. The molecule has 2 amide bonds. The van der Waals surface area contributed by atoms with E-state index in [0.717, 1.165) is 18.7 Å². The number of amides is 2. The van der Waals surface area contributed by atoms with Crippen LogP contribution < -0.4 is 20.7 Å². The van der Waals surface area contributed by atoms with Gasteiger partial charge < -0.3 is 20.1 Å². The molecule has 1 aliphatic heterocycles. The number of nitrogens with one attached hydrogen (secondary N) is 3. The van der Waals surface area contributed by atoms with Crippen LogP contribution in [0.5, 0.6) is 5.75 Å². The first-order valence-electron chi connectivity index (χ1n) is 8.50. The van der Waals surface area contributed by atoms with Crippen molar-refractivity contribution in [3.8, 4) is 11.8 Å². The Kier molecular flexibility index (Phi) is 6.14. The van der Waals surface area contributed by atoms with Crippen molar-refractivity contribution in [1.82, 2.24) is 15.3 Å². The fraction of sp³-hybridized carbons (Fsp3) is 0.333. The number of urea groups is 1. The molecule has 1 aliphatic rings. The summed E-state index contributed by atoms with van der Waals surface area (Å²) in [7, 11) is 0. The lowest BCUT2D eigenvalue weighted by molar-refractivity contribution is 0.000350. The van der Waals surface area contributed by atoms with Crippen molar-refractivity contribution in [2.24, 2.45) is 0 Å². The molecule has 3 rings (SSSR count). The summed E-state index contributed by atoms with van der Waals surface area (Å²) in [5, 5.41) is 17.3. The standard InChI is InChI=1S/C18H20N6O3/c1-12-2-3-16(27-11-14-9-20-4-5-26-14)15(6-12)23-18(25)24-17-10-21-13(7-19)8-22-17/h2-3,6,8,10,14,20H,4-5,9,11H2,1H3,(H2,22,23,24,25). The zero-order valence-electron chi connectivity index (χ0n) is 14.9. The average Bonchev–Trinajstić information content (AvgIpc) is 2.69. The van der Waals surface area contributed by atoms with Crippen LogP contribution in [0.4, 0.5) is 16.3 Å². The van der Waals surface area contributed by atoms with Crippen molar-refractivity contribution in [2.75, 3.05) is 36.9 Å². The predicted molar refractivity (Wildman–Crippen MR) is 98.7 cm³/mol. The number of nitriles is 1. The van der Waals surface area contributed by atoms with E-state index in [1.54, 1.807) is 0 Å². The van der Waals surface area contributed by atoms with Gasteiger partial charge in [0.25, 0.3) is 0 Å². The van der Waals surface area contributed by atoms with Crippen LogP contribution in [0.3, 0.4) is 0 Å². The van der Waals surface area contributed by atoms with E-state index in [1.165, 1.54) is 12.4 Å². The topological polar surface area (TPSA) is 121 Å². The summed E-state index contributed by atoms with van der Waals surface area (Å²) in [4.78, 5) is 20.1. The van der Waals surface area contributed by atoms with Gasteiger partial charge >= 0.3 is 6.03 Å². The van der Waals surface area contributed by atoms with E-state index in [-0.39, 0.29) is 17.6 Å². The van der Waals surface area contributed by atoms with E-state index in [4.69, 9.17) is 14.7 Å². The Morgan fingerprint density at radius 3 is 3.00 bits per heavy atom. The van der Waals surface area contributed by atoms with Crippen LogP contribution in [0.2, 0.25) is 0 Å². The highest BCUT2D eigenvalue weighted by Gasteiger charge is 2.16. The van der Waals surface area contributed by atoms with E-state index in [9.17, 15) is 4.79 Å². The number of ether oxygens (including phenoxy) is 2. The number of nitrogens with zero attached hydrogens (tertiary/aromatic N) is 3. The Balaban J connectivity index is 1.62. The normalized spacial score (nSPS) is 16.2. The van der Waals surface area contributed by atoms with Gasteiger partial charge in [0.15, 0.2) is 11.5 Å². The lowest BCUT2D eigenvalue weighted by Gasteiger charge is -2.24. The third-order valence-electron chi connectivity index (χ3n) is 3.82. The summed E-state index contributed by atoms with van der Waals surface area (Å²) < 4.78 is 11.5. The maximum atomic E-state index is 12.3. The first kappa shape index (κ1) is 18.6. The van der Waals surface area contributed by atoms with Crippen LogP contribution in [0.1, 0.15) is 11.3 Å². The molecule has 0 saturated carbocycles. The van der Waals surface area contributed by atoms with Crippen molar-refractivity contribution < 1.29 is 14.3 Å². The number of carbonyl (C=O) groups is 1. The summed E-state index contributed by atoms with van der Waals surface area (Å²) in [5.41, 5.74) is 1.69. The number of benzene rings is 1. The number of aromatic nitrogens is 2. The van der Waals surface area contributed by atoms with Crippen molar-refractivity contribution >= 4 is 17.5 Å². The Hall–Kier alpha value is -3.22. The molecular formula is C18H20N6O3. The smallest absolute Gasteiger partial charge is 0.324 e. The lowest BCUT2D eigenvalue weighted by Crippen LogP contribution is -2.41. The molecular weight excluding hydrogens is 348 g/mol. The Morgan fingerprint density at radius 2 is 2.30 bits per heavy atom. The molecule has 0 aliphatic carbocycles. The van der Waals surface area contributed by atoms with Gasteiger partial charge in [-0.05, 0) is 24.6 Å². The molecule has 0 bridgehead atoms. The van der Waals surface area contributed by atoms with Gasteiger partial charge in [0.05, 0.1) is 24.7 Å². The number of hydrogen-bond donors (Lipinski definition) is 3. The molecule has 1 aromatic heterocycles. The van der Waals surface area contributed by atoms with Crippen molar-refractivity contribution in [1.29, 1.82) is 5.26 Å². The van der Waals surface area contributed by atoms with Crippen LogP contribution in [-0.4, -0.2) is 48.4 Å². The zero-order valence-corrected chi connectivity index (χ0v) is 14.9. The molecule has 140 valence electrons. The van der Waals surface area contributed by atoms with Crippen LogP contribution in [-0.2, 0) is 4.74 Å². The molecule has 1 aromatic carbocycles. The van der Waals surface area contributed by atoms with Gasteiger partial charge in [-0.3, -0.25) is 5.32 Å². The van der Waals surface area contributed by atoms with Crippen LogP contribution >= 0.6 is 0 Å². The van der Waals surface area contributed by atoms with E-state index in [0.29, 0.717) is 24.7 Å². The molecule has 27 heavy (non-hydrogen) atoms. The third kappa shape index (κ3) is 5.37.